The molecule has 166 valence electrons. The molecule has 3 atom stereocenters. The number of hydrazone groups is 1. The molecule has 0 aliphatic carbocycles. The average molecular weight is 451 g/mol. The van der Waals surface area contributed by atoms with Gasteiger partial charge in [0.15, 0.2) is 5.17 Å². The van der Waals surface area contributed by atoms with Crippen molar-refractivity contribution in [3.63, 3.8) is 0 Å². The van der Waals surface area contributed by atoms with E-state index in [1.807, 2.05) is 30.5 Å². The van der Waals surface area contributed by atoms with E-state index >= 15 is 0 Å². The van der Waals surface area contributed by atoms with Crippen LogP contribution in [0.2, 0.25) is 0 Å². The average Bonchev–Trinajstić information content (AvgIpc) is 3.42. The number of hydrogen-bond acceptors (Lipinski definition) is 8. The van der Waals surface area contributed by atoms with Gasteiger partial charge in [-0.15, -0.1) is 0 Å². The SMILES string of the molecule is COc1ccc(NC(=O)CSC2=NNC3C4CC(c5ccc(C)cc5)NN4C=CN23)cc1. The van der Waals surface area contributed by atoms with Crippen LogP contribution < -0.4 is 20.9 Å². The van der Waals surface area contributed by atoms with Gasteiger partial charge in [-0.3, -0.25) is 10.2 Å². The lowest BCUT2D eigenvalue weighted by atomic mass is 9.99. The fourth-order valence-corrected chi connectivity index (χ4v) is 4.94. The van der Waals surface area contributed by atoms with Crippen molar-refractivity contribution in [1.82, 2.24) is 20.8 Å². The number of benzene rings is 2. The number of anilines is 1. The Morgan fingerprint density at radius 2 is 1.97 bits per heavy atom. The zero-order valence-corrected chi connectivity index (χ0v) is 18.8. The Morgan fingerprint density at radius 3 is 2.72 bits per heavy atom. The molecular weight excluding hydrogens is 424 g/mol. The minimum Gasteiger partial charge on any atom is -0.497 e. The standard InChI is InChI=1S/C23H26N6O2S/c1-15-3-5-16(6-4-15)19-13-20-22-25-26-23(28(22)11-12-29(20)27-19)32-14-21(30)24-17-7-9-18(31-2)10-8-17/h3-12,19-20,22,25,27H,13-14H2,1-2H3,(H,24,30). The highest BCUT2D eigenvalue weighted by atomic mass is 32.2. The van der Waals surface area contributed by atoms with Gasteiger partial charge < -0.3 is 20.0 Å². The number of carbonyl (C=O) groups is 1. The molecule has 0 radical (unpaired) electrons. The molecule has 3 aliphatic rings. The molecule has 1 fully saturated rings. The second-order valence-electron chi connectivity index (χ2n) is 8.04. The maximum absolute atomic E-state index is 12.4. The van der Waals surface area contributed by atoms with Gasteiger partial charge in [0.2, 0.25) is 5.91 Å². The number of amides is 1. The van der Waals surface area contributed by atoms with Crippen LogP contribution in [-0.2, 0) is 4.79 Å². The van der Waals surface area contributed by atoms with Crippen LogP contribution in [0.4, 0.5) is 5.69 Å². The van der Waals surface area contributed by atoms with Crippen LogP contribution in [0.25, 0.3) is 0 Å². The number of thioether (sulfide) groups is 1. The fraction of sp³-hybridized carbons (Fsp3) is 0.304. The van der Waals surface area contributed by atoms with Gasteiger partial charge in [-0.05, 0) is 43.2 Å². The van der Waals surface area contributed by atoms with E-state index < -0.39 is 0 Å². The van der Waals surface area contributed by atoms with E-state index in [4.69, 9.17) is 4.74 Å². The molecule has 3 N–H and O–H groups in total. The number of nitrogens with zero attached hydrogens (tertiary/aromatic N) is 3. The summed E-state index contributed by atoms with van der Waals surface area (Å²) in [6, 6.07) is 16.5. The summed E-state index contributed by atoms with van der Waals surface area (Å²) >= 11 is 1.42. The highest BCUT2D eigenvalue weighted by Crippen LogP contribution is 2.35. The third kappa shape index (κ3) is 4.13. The van der Waals surface area contributed by atoms with Crippen molar-refractivity contribution in [2.24, 2.45) is 5.10 Å². The monoisotopic (exact) mass is 450 g/mol. The van der Waals surface area contributed by atoms with Crippen molar-refractivity contribution in [3.8, 4) is 5.75 Å². The van der Waals surface area contributed by atoms with Crippen LogP contribution in [0.3, 0.4) is 0 Å². The van der Waals surface area contributed by atoms with E-state index in [9.17, 15) is 4.79 Å². The number of ether oxygens (including phenoxy) is 1. The van der Waals surface area contributed by atoms with Crippen LogP contribution in [0.5, 0.6) is 5.75 Å². The smallest absolute Gasteiger partial charge is 0.234 e. The summed E-state index contributed by atoms with van der Waals surface area (Å²) in [5.74, 6) is 0.963. The number of rotatable bonds is 5. The first-order chi connectivity index (χ1) is 15.6. The summed E-state index contributed by atoms with van der Waals surface area (Å²) in [5.41, 5.74) is 10.1. The number of amidine groups is 1. The second-order valence-corrected chi connectivity index (χ2v) is 8.98. The molecule has 0 saturated carbocycles. The number of aryl methyl sites for hydroxylation is 1. The highest BCUT2D eigenvalue weighted by Gasteiger charge is 2.44. The largest absolute Gasteiger partial charge is 0.497 e. The number of carbonyl (C=O) groups excluding carboxylic acids is 1. The first-order valence-corrected chi connectivity index (χ1v) is 11.6. The molecule has 8 nitrogen and oxygen atoms in total. The van der Waals surface area contributed by atoms with Gasteiger partial charge in [0.1, 0.15) is 11.9 Å². The highest BCUT2D eigenvalue weighted by molar-refractivity contribution is 8.14. The maximum atomic E-state index is 12.4. The summed E-state index contributed by atoms with van der Waals surface area (Å²) in [4.78, 5) is 14.5. The molecule has 0 spiro atoms. The lowest BCUT2D eigenvalue weighted by molar-refractivity contribution is -0.113. The van der Waals surface area contributed by atoms with Crippen LogP contribution in [0.1, 0.15) is 23.6 Å². The van der Waals surface area contributed by atoms with Crippen molar-refractivity contribution in [2.75, 3.05) is 18.2 Å². The van der Waals surface area contributed by atoms with E-state index in [0.29, 0.717) is 0 Å². The van der Waals surface area contributed by atoms with Crippen molar-refractivity contribution < 1.29 is 9.53 Å². The minimum atomic E-state index is -0.0732. The van der Waals surface area contributed by atoms with E-state index in [0.717, 1.165) is 23.0 Å². The maximum Gasteiger partial charge on any atom is 0.234 e. The molecule has 0 bridgehead atoms. The molecular formula is C23H26N6O2S. The quantitative estimate of drug-likeness (QED) is 0.646. The number of fused-ring (bicyclic) bond motifs is 3. The fourth-order valence-electron chi connectivity index (χ4n) is 4.17. The number of methoxy groups -OCH3 is 1. The van der Waals surface area contributed by atoms with E-state index in [1.165, 1.54) is 22.9 Å². The van der Waals surface area contributed by atoms with Crippen molar-refractivity contribution in [3.05, 3.63) is 72.1 Å². The molecule has 2 aromatic carbocycles. The van der Waals surface area contributed by atoms with Crippen LogP contribution >= 0.6 is 11.8 Å². The van der Waals surface area contributed by atoms with Crippen molar-refractivity contribution >= 4 is 28.5 Å². The summed E-state index contributed by atoms with van der Waals surface area (Å²) in [6.45, 7) is 2.10. The molecule has 0 aromatic heterocycles. The molecule has 1 amide bonds. The first kappa shape index (κ1) is 20.7. The third-order valence-electron chi connectivity index (χ3n) is 5.89. The van der Waals surface area contributed by atoms with Gasteiger partial charge in [-0.1, -0.05) is 41.6 Å². The normalized spacial score (nSPS) is 23.3. The van der Waals surface area contributed by atoms with Gasteiger partial charge in [0, 0.05) is 18.1 Å². The first-order valence-electron chi connectivity index (χ1n) is 10.6. The Bertz CT molecular complexity index is 1040. The summed E-state index contributed by atoms with van der Waals surface area (Å²) in [6.07, 6.45) is 5.07. The lowest BCUT2D eigenvalue weighted by Crippen LogP contribution is -2.54. The van der Waals surface area contributed by atoms with Crippen LogP contribution in [0.15, 0.2) is 66.0 Å². The molecule has 3 aliphatic heterocycles. The summed E-state index contributed by atoms with van der Waals surface area (Å²) < 4.78 is 5.15. The molecule has 5 rings (SSSR count). The Kier molecular flexibility index (Phi) is 5.67. The van der Waals surface area contributed by atoms with Crippen LogP contribution in [-0.4, -0.2) is 46.1 Å². The van der Waals surface area contributed by atoms with Gasteiger partial charge in [-0.2, -0.15) is 5.10 Å². The van der Waals surface area contributed by atoms with E-state index in [1.54, 1.807) is 7.11 Å². The summed E-state index contributed by atoms with van der Waals surface area (Å²) in [7, 11) is 1.62. The number of hydrogen-bond donors (Lipinski definition) is 3. The molecule has 9 heteroatoms. The Morgan fingerprint density at radius 1 is 1.19 bits per heavy atom. The zero-order chi connectivity index (χ0) is 22.1. The minimum absolute atomic E-state index is 0.0371. The van der Waals surface area contributed by atoms with Gasteiger partial charge in [0.05, 0.1) is 24.9 Å². The van der Waals surface area contributed by atoms with E-state index in [2.05, 4.69) is 68.6 Å². The summed E-state index contributed by atoms with van der Waals surface area (Å²) in [5, 5.41) is 10.4. The van der Waals surface area contributed by atoms with Crippen molar-refractivity contribution in [1.29, 1.82) is 0 Å². The predicted octanol–water partition coefficient (Wildman–Crippen LogP) is 2.98. The Hall–Kier alpha value is -3.17. The molecule has 3 unspecified atom stereocenters. The zero-order valence-electron chi connectivity index (χ0n) is 18.0. The number of hydrazine groups is 1. The molecule has 2 aromatic rings. The van der Waals surface area contributed by atoms with Gasteiger partial charge in [-0.25, -0.2) is 5.43 Å². The lowest BCUT2D eigenvalue weighted by Gasteiger charge is -2.36. The van der Waals surface area contributed by atoms with Crippen LogP contribution in [0, 0.1) is 6.92 Å². The van der Waals surface area contributed by atoms with E-state index in [-0.39, 0.29) is 29.9 Å². The predicted molar refractivity (Wildman–Crippen MR) is 127 cm³/mol. The molecule has 3 heterocycles. The Balaban J connectivity index is 1.16. The Labute approximate surface area is 191 Å². The third-order valence-corrected chi connectivity index (χ3v) is 6.86. The second kappa shape index (κ2) is 8.76. The van der Waals surface area contributed by atoms with Gasteiger partial charge in [0.25, 0.3) is 0 Å². The molecule has 32 heavy (non-hydrogen) atoms. The molecule has 1 saturated heterocycles. The topological polar surface area (TPSA) is 81.2 Å². The van der Waals surface area contributed by atoms with Crippen molar-refractivity contribution in [2.45, 2.75) is 31.6 Å². The van der Waals surface area contributed by atoms with Gasteiger partial charge >= 0.3 is 0 Å². The number of nitrogens with one attached hydrogen (secondary N) is 3.